The van der Waals surface area contributed by atoms with E-state index in [0.717, 1.165) is 17.8 Å². The van der Waals surface area contributed by atoms with Crippen LogP contribution in [0.25, 0.3) is 11.0 Å². The highest BCUT2D eigenvalue weighted by Gasteiger charge is 2.12. The first kappa shape index (κ1) is 13.7. The predicted octanol–water partition coefficient (Wildman–Crippen LogP) is 1.68. The van der Waals surface area contributed by atoms with E-state index in [1.807, 2.05) is 11.5 Å². The van der Waals surface area contributed by atoms with Gasteiger partial charge in [0.25, 0.3) is 0 Å². The van der Waals surface area contributed by atoms with Crippen LogP contribution in [-0.2, 0) is 23.8 Å². The summed E-state index contributed by atoms with van der Waals surface area (Å²) in [6.07, 6.45) is 2.43. The summed E-state index contributed by atoms with van der Waals surface area (Å²) < 4.78 is 13.2. The topological polar surface area (TPSA) is 72.2 Å². The van der Waals surface area contributed by atoms with Crippen molar-refractivity contribution in [2.45, 2.75) is 19.9 Å². The zero-order chi connectivity index (χ0) is 14.0. The first-order valence-electron chi connectivity index (χ1n) is 6.05. The molecule has 2 rings (SSSR count). The van der Waals surface area contributed by atoms with Crippen molar-refractivity contribution in [1.29, 1.82) is 0 Å². The Kier molecular flexibility index (Phi) is 3.99. The normalized spacial score (nSPS) is 12.7. The second-order valence-corrected chi connectivity index (χ2v) is 5.87. The van der Waals surface area contributed by atoms with Crippen molar-refractivity contribution in [3.8, 4) is 0 Å². The Balaban J connectivity index is 2.49. The van der Waals surface area contributed by atoms with Crippen molar-refractivity contribution in [1.82, 2.24) is 9.55 Å². The molecule has 0 aliphatic rings. The molecule has 0 aliphatic heterocycles. The Morgan fingerprint density at radius 1 is 1.47 bits per heavy atom. The average Bonchev–Trinajstić information content (AvgIpc) is 2.72. The maximum Gasteiger partial charge on any atom is 0.335 e. The second-order valence-electron chi connectivity index (χ2n) is 4.32. The van der Waals surface area contributed by atoms with Crippen molar-refractivity contribution in [2.24, 2.45) is 0 Å². The summed E-state index contributed by atoms with van der Waals surface area (Å²) in [7, 11) is -0.858. The van der Waals surface area contributed by atoms with Crippen LogP contribution in [0.5, 0.6) is 0 Å². The van der Waals surface area contributed by atoms with E-state index < -0.39 is 16.8 Å². The molecular formula is C13H16N2O3S. The molecule has 1 N–H and O–H groups in total. The Morgan fingerprint density at radius 2 is 2.21 bits per heavy atom. The fourth-order valence-corrected chi connectivity index (χ4v) is 2.49. The van der Waals surface area contributed by atoms with E-state index in [1.165, 1.54) is 0 Å². The molecule has 0 aliphatic carbocycles. The molecule has 6 heteroatoms. The summed E-state index contributed by atoms with van der Waals surface area (Å²) in [5.74, 6) is 0.506. The lowest BCUT2D eigenvalue weighted by atomic mass is 10.2. The molecule has 1 unspecified atom stereocenters. The van der Waals surface area contributed by atoms with Crippen LogP contribution in [-0.4, -0.2) is 36.8 Å². The summed E-state index contributed by atoms with van der Waals surface area (Å²) in [6, 6.07) is 4.92. The molecule has 0 bridgehead atoms. The Bertz CT molecular complexity index is 649. The van der Waals surface area contributed by atoms with Crippen LogP contribution in [0.1, 0.15) is 23.1 Å². The highest BCUT2D eigenvalue weighted by Crippen LogP contribution is 2.18. The molecule has 19 heavy (non-hydrogen) atoms. The van der Waals surface area contributed by atoms with Crippen LogP contribution in [0.15, 0.2) is 18.2 Å². The van der Waals surface area contributed by atoms with Crippen molar-refractivity contribution in [2.75, 3.05) is 12.0 Å². The van der Waals surface area contributed by atoms with E-state index in [9.17, 15) is 9.00 Å². The highest BCUT2D eigenvalue weighted by molar-refractivity contribution is 7.84. The molecule has 2 aromatic rings. The van der Waals surface area contributed by atoms with Gasteiger partial charge in [0, 0.05) is 35.8 Å². The van der Waals surface area contributed by atoms with Crippen LogP contribution >= 0.6 is 0 Å². The van der Waals surface area contributed by atoms with Gasteiger partial charge in [0.1, 0.15) is 5.82 Å². The first-order chi connectivity index (χ1) is 9.02. The lowest BCUT2D eigenvalue weighted by molar-refractivity contribution is 0.0697. The molecule has 0 fully saturated rings. The molecule has 1 heterocycles. The number of aromatic nitrogens is 2. The maximum absolute atomic E-state index is 11.2. The van der Waals surface area contributed by atoms with Crippen LogP contribution in [0.2, 0.25) is 0 Å². The number of fused-ring (bicyclic) bond motifs is 1. The van der Waals surface area contributed by atoms with Crippen LogP contribution in [0.4, 0.5) is 0 Å². The number of hydrogen-bond acceptors (Lipinski definition) is 3. The summed E-state index contributed by atoms with van der Waals surface area (Å²) in [6.45, 7) is 2.63. The van der Waals surface area contributed by atoms with E-state index >= 15 is 0 Å². The van der Waals surface area contributed by atoms with E-state index in [1.54, 1.807) is 24.5 Å². The van der Waals surface area contributed by atoms with Crippen molar-refractivity contribution in [3.63, 3.8) is 0 Å². The van der Waals surface area contributed by atoms with Gasteiger partial charge < -0.3 is 9.67 Å². The van der Waals surface area contributed by atoms with Gasteiger partial charge in [0.05, 0.1) is 16.6 Å². The van der Waals surface area contributed by atoms with Gasteiger partial charge in [-0.15, -0.1) is 0 Å². The number of carboxylic acids is 1. The third-order valence-corrected chi connectivity index (χ3v) is 3.75. The van der Waals surface area contributed by atoms with E-state index in [4.69, 9.17) is 5.11 Å². The Hall–Kier alpha value is -1.69. The van der Waals surface area contributed by atoms with Gasteiger partial charge in [-0.3, -0.25) is 4.21 Å². The number of rotatable bonds is 5. The monoisotopic (exact) mass is 280 g/mol. The lowest BCUT2D eigenvalue weighted by Gasteiger charge is -2.06. The molecule has 0 saturated heterocycles. The molecule has 0 saturated carbocycles. The fourth-order valence-electron chi connectivity index (χ4n) is 2.05. The summed E-state index contributed by atoms with van der Waals surface area (Å²) in [5.41, 5.74) is 1.81. The van der Waals surface area contributed by atoms with E-state index in [2.05, 4.69) is 4.98 Å². The van der Waals surface area contributed by atoms with Gasteiger partial charge >= 0.3 is 5.97 Å². The number of nitrogens with zero attached hydrogens (tertiary/aromatic N) is 2. The van der Waals surface area contributed by atoms with Crippen LogP contribution in [0, 0.1) is 0 Å². The standard InChI is InChI=1S/C13H16N2O3S/c1-3-12-14-10-8-9(13(16)17)4-5-11(10)15(12)6-7-19(2)18/h4-5,8H,3,6-7H2,1-2H3,(H,16,17). The van der Waals surface area contributed by atoms with Gasteiger partial charge in [0.15, 0.2) is 0 Å². The molecule has 0 amide bonds. The van der Waals surface area contributed by atoms with Gasteiger partial charge in [-0.2, -0.15) is 0 Å². The molecule has 5 nitrogen and oxygen atoms in total. The molecular weight excluding hydrogens is 264 g/mol. The minimum atomic E-state index is -0.954. The van der Waals surface area contributed by atoms with Gasteiger partial charge in [0.2, 0.25) is 0 Å². The number of benzene rings is 1. The highest BCUT2D eigenvalue weighted by atomic mass is 32.2. The molecule has 1 atom stereocenters. The zero-order valence-corrected chi connectivity index (χ0v) is 11.7. The minimum Gasteiger partial charge on any atom is -0.478 e. The SMILES string of the molecule is CCc1nc2cc(C(=O)O)ccc2n1CCS(C)=O. The quantitative estimate of drug-likeness (QED) is 0.904. The fraction of sp³-hybridized carbons (Fsp3) is 0.385. The first-order valence-corrected chi connectivity index (χ1v) is 7.78. The predicted molar refractivity (Wildman–Crippen MR) is 75.0 cm³/mol. The van der Waals surface area contributed by atoms with Crippen LogP contribution in [0.3, 0.4) is 0 Å². The van der Waals surface area contributed by atoms with Crippen molar-refractivity contribution >= 4 is 27.8 Å². The maximum atomic E-state index is 11.2. The number of carbonyl (C=O) groups is 1. The molecule has 0 spiro atoms. The number of aryl methyl sites for hydroxylation is 2. The van der Waals surface area contributed by atoms with Gasteiger partial charge in [-0.05, 0) is 18.2 Å². The smallest absolute Gasteiger partial charge is 0.335 e. The van der Waals surface area contributed by atoms with Crippen molar-refractivity contribution < 1.29 is 14.1 Å². The number of imidazole rings is 1. The average molecular weight is 280 g/mol. The zero-order valence-electron chi connectivity index (χ0n) is 10.9. The third-order valence-electron chi connectivity index (χ3n) is 2.99. The van der Waals surface area contributed by atoms with Gasteiger partial charge in [-0.25, -0.2) is 9.78 Å². The molecule has 1 aromatic carbocycles. The summed E-state index contributed by atoms with van der Waals surface area (Å²) in [5, 5.41) is 8.98. The molecule has 1 aromatic heterocycles. The van der Waals surface area contributed by atoms with Crippen molar-refractivity contribution in [3.05, 3.63) is 29.6 Å². The summed E-state index contributed by atoms with van der Waals surface area (Å²) in [4.78, 5) is 15.4. The number of aromatic carboxylic acids is 1. The summed E-state index contributed by atoms with van der Waals surface area (Å²) >= 11 is 0. The van der Waals surface area contributed by atoms with E-state index in [-0.39, 0.29) is 5.56 Å². The third kappa shape index (κ3) is 2.84. The minimum absolute atomic E-state index is 0.235. The number of hydrogen-bond donors (Lipinski definition) is 1. The van der Waals surface area contributed by atoms with Gasteiger partial charge in [-0.1, -0.05) is 6.92 Å². The largest absolute Gasteiger partial charge is 0.478 e. The molecule has 102 valence electrons. The van der Waals surface area contributed by atoms with Crippen LogP contribution < -0.4 is 0 Å². The molecule has 0 radical (unpaired) electrons. The Morgan fingerprint density at radius 3 is 2.79 bits per heavy atom. The van der Waals surface area contributed by atoms with E-state index in [0.29, 0.717) is 17.8 Å². The lowest BCUT2D eigenvalue weighted by Crippen LogP contribution is -2.09. The second kappa shape index (κ2) is 5.52. The number of carboxylic acid groups (broad SMARTS) is 1. The Labute approximate surface area is 113 Å².